The SMILES string of the molecule is CCCCCC(C)(C)c1ccc(OCc2cccc(C)c2)c(C(=O)O)c1. The van der Waals surface area contributed by atoms with E-state index in [0.717, 1.165) is 29.5 Å². The molecule has 0 bridgehead atoms. The molecule has 0 atom stereocenters. The van der Waals surface area contributed by atoms with E-state index in [1.807, 2.05) is 37.3 Å². The Kier molecular flexibility index (Phi) is 6.84. The number of ether oxygens (including phenoxy) is 1. The fourth-order valence-corrected chi connectivity index (χ4v) is 3.17. The number of hydrogen-bond donors (Lipinski definition) is 1. The van der Waals surface area contributed by atoms with Crippen LogP contribution in [-0.2, 0) is 12.0 Å². The summed E-state index contributed by atoms with van der Waals surface area (Å²) in [7, 11) is 0. The van der Waals surface area contributed by atoms with E-state index >= 15 is 0 Å². The van der Waals surface area contributed by atoms with Crippen molar-refractivity contribution in [3.63, 3.8) is 0 Å². The minimum atomic E-state index is -0.949. The molecule has 26 heavy (non-hydrogen) atoms. The van der Waals surface area contributed by atoms with Gasteiger partial charge in [-0.15, -0.1) is 0 Å². The molecular formula is C23H30O3. The molecule has 2 rings (SSSR count). The molecule has 0 radical (unpaired) electrons. The van der Waals surface area contributed by atoms with Crippen LogP contribution in [0.2, 0.25) is 0 Å². The van der Waals surface area contributed by atoms with Crippen LogP contribution in [-0.4, -0.2) is 11.1 Å². The number of aromatic carboxylic acids is 1. The third-order valence-corrected chi connectivity index (χ3v) is 4.87. The number of benzene rings is 2. The van der Waals surface area contributed by atoms with Crippen LogP contribution in [0.1, 0.15) is 73.5 Å². The fourth-order valence-electron chi connectivity index (χ4n) is 3.17. The number of rotatable bonds is 9. The zero-order valence-corrected chi connectivity index (χ0v) is 16.3. The largest absolute Gasteiger partial charge is 0.488 e. The van der Waals surface area contributed by atoms with Gasteiger partial charge in [0.1, 0.15) is 17.9 Å². The van der Waals surface area contributed by atoms with Crippen LogP contribution >= 0.6 is 0 Å². The number of carboxylic acids is 1. The average molecular weight is 354 g/mol. The summed E-state index contributed by atoms with van der Waals surface area (Å²) in [5.41, 5.74) is 3.43. The van der Waals surface area contributed by atoms with Crippen molar-refractivity contribution in [3.8, 4) is 5.75 Å². The standard InChI is InChI=1S/C23H30O3/c1-5-6-7-13-23(3,4)19-11-12-21(20(15-19)22(24)25)26-16-18-10-8-9-17(2)14-18/h8-12,14-15H,5-7,13,16H2,1-4H3,(H,24,25). The minimum absolute atomic E-state index is 0.0472. The van der Waals surface area contributed by atoms with Crippen molar-refractivity contribution in [1.29, 1.82) is 0 Å². The van der Waals surface area contributed by atoms with Crippen LogP contribution in [0, 0.1) is 6.92 Å². The lowest BCUT2D eigenvalue weighted by atomic mass is 9.79. The van der Waals surface area contributed by atoms with E-state index in [4.69, 9.17) is 4.74 Å². The molecule has 0 fully saturated rings. The molecule has 0 amide bonds. The maximum absolute atomic E-state index is 11.7. The molecule has 0 spiro atoms. The fraction of sp³-hybridized carbons (Fsp3) is 0.435. The van der Waals surface area contributed by atoms with Gasteiger partial charge in [0, 0.05) is 0 Å². The number of aryl methyl sites for hydroxylation is 1. The zero-order chi connectivity index (χ0) is 19.2. The molecule has 1 N–H and O–H groups in total. The third-order valence-electron chi connectivity index (χ3n) is 4.87. The van der Waals surface area contributed by atoms with E-state index in [1.54, 1.807) is 12.1 Å². The normalized spacial score (nSPS) is 11.4. The van der Waals surface area contributed by atoms with Gasteiger partial charge in [-0.2, -0.15) is 0 Å². The highest BCUT2D eigenvalue weighted by Crippen LogP contribution is 2.33. The summed E-state index contributed by atoms with van der Waals surface area (Å²) >= 11 is 0. The summed E-state index contributed by atoms with van der Waals surface area (Å²) in [6.07, 6.45) is 4.58. The van der Waals surface area contributed by atoms with Gasteiger partial charge < -0.3 is 9.84 Å². The summed E-state index contributed by atoms with van der Waals surface area (Å²) in [5.74, 6) is -0.525. The molecule has 0 aromatic heterocycles. The Labute approximate surface area is 157 Å². The monoisotopic (exact) mass is 354 g/mol. The first-order valence-electron chi connectivity index (χ1n) is 9.39. The van der Waals surface area contributed by atoms with Crippen LogP contribution in [0.5, 0.6) is 5.75 Å². The number of hydrogen-bond acceptors (Lipinski definition) is 2. The summed E-state index contributed by atoms with van der Waals surface area (Å²) in [4.78, 5) is 11.7. The summed E-state index contributed by atoms with van der Waals surface area (Å²) in [6, 6.07) is 13.6. The van der Waals surface area contributed by atoms with E-state index in [2.05, 4.69) is 20.8 Å². The summed E-state index contributed by atoms with van der Waals surface area (Å²) in [6.45, 7) is 8.94. The molecule has 0 aliphatic heterocycles. The third kappa shape index (κ3) is 5.35. The molecule has 0 aliphatic carbocycles. The molecule has 0 saturated heterocycles. The van der Waals surface area contributed by atoms with Crippen LogP contribution in [0.25, 0.3) is 0 Å². The molecule has 3 nitrogen and oxygen atoms in total. The maximum atomic E-state index is 11.7. The Balaban J connectivity index is 2.19. The van der Waals surface area contributed by atoms with Gasteiger partial charge in [-0.05, 0) is 42.0 Å². The lowest BCUT2D eigenvalue weighted by molar-refractivity contribution is 0.0691. The van der Waals surface area contributed by atoms with Crippen molar-refractivity contribution in [2.24, 2.45) is 0 Å². The van der Waals surface area contributed by atoms with Crippen molar-refractivity contribution in [3.05, 3.63) is 64.7 Å². The van der Waals surface area contributed by atoms with E-state index < -0.39 is 5.97 Å². The van der Waals surface area contributed by atoms with Crippen molar-refractivity contribution < 1.29 is 14.6 Å². The van der Waals surface area contributed by atoms with Gasteiger partial charge in [0.2, 0.25) is 0 Å². The van der Waals surface area contributed by atoms with Gasteiger partial charge in [-0.25, -0.2) is 4.79 Å². The number of carbonyl (C=O) groups is 1. The molecule has 0 unspecified atom stereocenters. The van der Waals surface area contributed by atoms with Gasteiger partial charge in [0.15, 0.2) is 0 Å². The molecular weight excluding hydrogens is 324 g/mol. The highest BCUT2D eigenvalue weighted by Gasteiger charge is 2.23. The Bertz CT molecular complexity index is 747. The smallest absolute Gasteiger partial charge is 0.339 e. The molecule has 0 aliphatic rings. The Morgan fingerprint density at radius 1 is 1.12 bits per heavy atom. The van der Waals surface area contributed by atoms with Gasteiger partial charge >= 0.3 is 5.97 Å². The predicted octanol–water partition coefficient (Wildman–Crippen LogP) is 6.13. The average Bonchev–Trinajstić information content (AvgIpc) is 2.60. The maximum Gasteiger partial charge on any atom is 0.339 e. The second kappa shape index (κ2) is 8.88. The Morgan fingerprint density at radius 2 is 1.88 bits per heavy atom. The van der Waals surface area contributed by atoms with E-state index in [9.17, 15) is 9.90 Å². The number of unbranched alkanes of at least 4 members (excludes halogenated alkanes) is 2. The molecule has 0 heterocycles. The van der Waals surface area contributed by atoms with Crippen molar-refractivity contribution >= 4 is 5.97 Å². The Hall–Kier alpha value is -2.29. The first-order chi connectivity index (χ1) is 12.3. The quantitative estimate of drug-likeness (QED) is 0.551. The zero-order valence-electron chi connectivity index (χ0n) is 16.3. The highest BCUT2D eigenvalue weighted by molar-refractivity contribution is 5.91. The van der Waals surface area contributed by atoms with Crippen LogP contribution in [0.3, 0.4) is 0 Å². The van der Waals surface area contributed by atoms with Gasteiger partial charge in [-0.1, -0.05) is 75.9 Å². The van der Waals surface area contributed by atoms with E-state index in [1.165, 1.54) is 12.8 Å². The lowest BCUT2D eigenvalue weighted by Crippen LogP contribution is -2.18. The van der Waals surface area contributed by atoms with E-state index in [0.29, 0.717) is 12.4 Å². The first-order valence-corrected chi connectivity index (χ1v) is 9.39. The van der Waals surface area contributed by atoms with Crippen molar-refractivity contribution in [1.82, 2.24) is 0 Å². The van der Waals surface area contributed by atoms with Gasteiger partial charge in [0.05, 0.1) is 0 Å². The molecule has 0 saturated carbocycles. The van der Waals surface area contributed by atoms with Gasteiger partial charge in [-0.3, -0.25) is 0 Å². The highest BCUT2D eigenvalue weighted by atomic mass is 16.5. The lowest BCUT2D eigenvalue weighted by Gasteiger charge is -2.26. The topological polar surface area (TPSA) is 46.5 Å². The van der Waals surface area contributed by atoms with E-state index in [-0.39, 0.29) is 11.0 Å². The predicted molar refractivity (Wildman–Crippen MR) is 106 cm³/mol. The molecule has 140 valence electrons. The van der Waals surface area contributed by atoms with Crippen LogP contribution in [0.15, 0.2) is 42.5 Å². The van der Waals surface area contributed by atoms with Gasteiger partial charge in [0.25, 0.3) is 0 Å². The van der Waals surface area contributed by atoms with Crippen LogP contribution < -0.4 is 4.74 Å². The Morgan fingerprint density at radius 3 is 2.54 bits per heavy atom. The molecule has 2 aromatic carbocycles. The molecule has 2 aromatic rings. The first kappa shape index (κ1) is 20.0. The minimum Gasteiger partial charge on any atom is -0.488 e. The summed E-state index contributed by atoms with van der Waals surface area (Å²) < 4.78 is 5.82. The summed E-state index contributed by atoms with van der Waals surface area (Å²) in [5, 5.41) is 9.63. The molecule has 3 heteroatoms. The second-order valence-electron chi connectivity index (χ2n) is 7.63. The van der Waals surface area contributed by atoms with Crippen molar-refractivity contribution in [2.45, 2.75) is 65.4 Å². The number of carboxylic acid groups (broad SMARTS) is 1. The second-order valence-corrected chi connectivity index (χ2v) is 7.63. The van der Waals surface area contributed by atoms with Crippen molar-refractivity contribution in [2.75, 3.05) is 0 Å². The van der Waals surface area contributed by atoms with Crippen LogP contribution in [0.4, 0.5) is 0 Å².